The predicted molar refractivity (Wildman–Crippen MR) is 103 cm³/mol. The Morgan fingerprint density at radius 3 is 2.12 bits per heavy atom. The lowest BCUT2D eigenvalue weighted by Crippen LogP contribution is -2.34. The molecule has 0 atom stereocenters. The lowest BCUT2D eigenvalue weighted by molar-refractivity contribution is 0.102. The van der Waals surface area contributed by atoms with Crippen LogP contribution in [0.2, 0.25) is 0 Å². The van der Waals surface area contributed by atoms with Crippen LogP contribution < -0.4 is 21.5 Å². The molecule has 0 bridgehead atoms. The first kappa shape index (κ1) is 19.2. The number of anilines is 2. The van der Waals surface area contributed by atoms with Crippen molar-refractivity contribution in [2.24, 2.45) is 0 Å². The van der Waals surface area contributed by atoms with E-state index in [1.165, 1.54) is 6.07 Å². The van der Waals surface area contributed by atoms with E-state index in [2.05, 4.69) is 16.0 Å². The van der Waals surface area contributed by atoms with E-state index in [9.17, 15) is 14.4 Å². The maximum absolute atomic E-state index is 12.5. The second-order valence-electron chi connectivity index (χ2n) is 6.51. The molecule has 0 fully saturated rings. The molecule has 0 unspecified atom stereocenters. The van der Waals surface area contributed by atoms with Gasteiger partial charge in [-0.2, -0.15) is 0 Å². The zero-order chi connectivity index (χ0) is 19.3. The molecular weight excluding hydrogens is 332 g/mol. The molecule has 0 aliphatic heterocycles. The quantitative estimate of drug-likeness (QED) is 0.768. The second kappa shape index (κ2) is 8.33. The molecule has 3 N–H and O–H groups in total. The second-order valence-corrected chi connectivity index (χ2v) is 6.51. The van der Waals surface area contributed by atoms with Crippen LogP contribution >= 0.6 is 0 Å². The van der Waals surface area contributed by atoms with Gasteiger partial charge in [-0.1, -0.05) is 12.1 Å². The van der Waals surface area contributed by atoms with Crippen molar-refractivity contribution in [3.8, 4) is 0 Å². The number of rotatable bonds is 5. The van der Waals surface area contributed by atoms with Crippen molar-refractivity contribution in [1.29, 1.82) is 0 Å². The van der Waals surface area contributed by atoms with Gasteiger partial charge in [0, 0.05) is 29.9 Å². The molecule has 1 heterocycles. The Bertz CT molecular complexity index is 856. The average Bonchev–Trinajstić information content (AvgIpc) is 2.55. The normalized spacial score (nSPS) is 10.7. The van der Waals surface area contributed by atoms with Crippen LogP contribution in [0.25, 0.3) is 0 Å². The maximum Gasteiger partial charge on any atom is 0.319 e. The van der Waals surface area contributed by atoms with Crippen LogP contribution in [-0.4, -0.2) is 22.5 Å². The van der Waals surface area contributed by atoms with Crippen LogP contribution in [0.15, 0.2) is 47.4 Å². The number of hydrogen-bond acceptors (Lipinski definition) is 3. The Morgan fingerprint density at radius 2 is 1.58 bits per heavy atom. The Morgan fingerprint density at radius 1 is 0.962 bits per heavy atom. The molecule has 0 saturated heterocycles. The highest BCUT2D eigenvalue weighted by molar-refractivity contribution is 6.07. The van der Waals surface area contributed by atoms with Crippen LogP contribution in [0.5, 0.6) is 0 Å². The van der Waals surface area contributed by atoms with E-state index < -0.39 is 5.91 Å². The molecule has 2 aromatic rings. The SMILES string of the molecule is CC(C)NC(=O)Nc1ccccc1NC(=O)c1ccn(C(C)C)c(=O)c1. The first-order valence-electron chi connectivity index (χ1n) is 8.48. The summed E-state index contributed by atoms with van der Waals surface area (Å²) in [5.74, 6) is -0.420. The first-order valence-corrected chi connectivity index (χ1v) is 8.48. The smallest absolute Gasteiger partial charge is 0.319 e. The molecule has 7 nitrogen and oxygen atoms in total. The summed E-state index contributed by atoms with van der Waals surface area (Å²) < 4.78 is 1.54. The van der Waals surface area contributed by atoms with E-state index in [-0.39, 0.29) is 29.2 Å². The molecule has 0 aliphatic carbocycles. The standard InChI is InChI=1S/C19H24N4O3/c1-12(2)20-19(26)22-16-8-6-5-7-15(16)21-18(25)14-9-10-23(13(3)4)17(24)11-14/h5-13H,1-4H3,(H,21,25)(H2,20,22,26). The van der Waals surface area contributed by atoms with Crippen molar-refractivity contribution in [1.82, 2.24) is 9.88 Å². The number of carbonyl (C=O) groups excluding carboxylic acids is 2. The van der Waals surface area contributed by atoms with Crippen LogP contribution in [0, 0.1) is 0 Å². The molecule has 1 aromatic carbocycles. The molecule has 0 saturated carbocycles. The summed E-state index contributed by atoms with van der Waals surface area (Å²) in [7, 11) is 0. The number of nitrogens with zero attached hydrogens (tertiary/aromatic N) is 1. The number of amides is 3. The van der Waals surface area contributed by atoms with Gasteiger partial charge in [-0.25, -0.2) is 4.79 Å². The number of aromatic nitrogens is 1. The molecule has 138 valence electrons. The van der Waals surface area contributed by atoms with E-state index in [1.54, 1.807) is 41.1 Å². The van der Waals surface area contributed by atoms with Gasteiger partial charge in [-0.05, 0) is 45.9 Å². The van der Waals surface area contributed by atoms with E-state index >= 15 is 0 Å². The Hall–Kier alpha value is -3.09. The fourth-order valence-corrected chi connectivity index (χ4v) is 2.37. The van der Waals surface area contributed by atoms with Crippen molar-refractivity contribution >= 4 is 23.3 Å². The molecular formula is C19H24N4O3. The monoisotopic (exact) mass is 356 g/mol. The zero-order valence-electron chi connectivity index (χ0n) is 15.4. The molecule has 1 aromatic heterocycles. The highest BCUT2D eigenvalue weighted by Crippen LogP contribution is 2.21. The van der Waals surface area contributed by atoms with Crippen LogP contribution in [0.1, 0.15) is 44.1 Å². The molecule has 26 heavy (non-hydrogen) atoms. The van der Waals surface area contributed by atoms with Crippen LogP contribution in [0.3, 0.4) is 0 Å². The fraction of sp³-hybridized carbons (Fsp3) is 0.316. The van der Waals surface area contributed by atoms with Gasteiger partial charge in [0.1, 0.15) is 0 Å². The van der Waals surface area contributed by atoms with Crippen molar-refractivity contribution in [3.63, 3.8) is 0 Å². The number of benzene rings is 1. The van der Waals surface area contributed by atoms with Crippen molar-refractivity contribution < 1.29 is 9.59 Å². The van der Waals surface area contributed by atoms with Crippen LogP contribution in [0.4, 0.5) is 16.2 Å². The van der Waals surface area contributed by atoms with Crippen molar-refractivity contribution in [2.75, 3.05) is 10.6 Å². The van der Waals surface area contributed by atoms with Crippen molar-refractivity contribution in [3.05, 3.63) is 58.5 Å². The summed E-state index contributed by atoms with van der Waals surface area (Å²) in [6, 6.07) is 9.41. The van der Waals surface area contributed by atoms with E-state index in [0.717, 1.165) is 0 Å². The highest BCUT2D eigenvalue weighted by Gasteiger charge is 2.13. The Kier molecular flexibility index (Phi) is 6.16. The van der Waals surface area contributed by atoms with Gasteiger partial charge < -0.3 is 20.5 Å². The fourth-order valence-electron chi connectivity index (χ4n) is 2.37. The van der Waals surface area contributed by atoms with Gasteiger partial charge in [0.2, 0.25) is 0 Å². The zero-order valence-corrected chi connectivity index (χ0v) is 15.4. The maximum atomic E-state index is 12.5. The van der Waals surface area contributed by atoms with E-state index in [4.69, 9.17) is 0 Å². The molecule has 0 radical (unpaired) electrons. The Balaban J connectivity index is 2.18. The van der Waals surface area contributed by atoms with Crippen molar-refractivity contribution in [2.45, 2.75) is 39.8 Å². The topological polar surface area (TPSA) is 92.2 Å². The summed E-state index contributed by atoms with van der Waals surface area (Å²) in [4.78, 5) is 36.4. The number of carbonyl (C=O) groups is 2. The third-order valence-corrected chi connectivity index (χ3v) is 3.61. The number of para-hydroxylation sites is 2. The summed E-state index contributed by atoms with van der Waals surface area (Å²) in [5, 5.41) is 8.16. The first-order chi connectivity index (χ1) is 12.3. The van der Waals surface area contributed by atoms with Gasteiger partial charge in [0.15, 0.2) is 0 Å². The van der Waals surface area contributed by atoms with Gasteiger partial charge in [0.05, 0.1) is 11.4 Å². The minimum atomic E-state index is -0.420. The van der Waals surface area contributed by atoms with Gasteiger partial charge in [-0.3, -0.25) is 9.59 Å². The molecule has 3 amide bonds. The average molecular weight is 356 g/mol. The lowest BCUT2D eigenvalue weighted by atomic mass is 10.2. The third-order valence-electron chi connectivity index (χ3n) is 3.61. The highest BCUT2D eigenvalue weighted by atomic mass is 16.2. The number of hydrogen-bond donors (Lipinski definition) is 3. The van der Waals surface area contributed by atoms with E-state index in [1.807, 2.05) is 27.7 Å². The largest absolute Gasteiger partial charge is 0.336 e. The number of urea groups is 1. The minimum Gasteiger partial charge on any atom is -0.336 e. The molecule has 7 heteroatoms. The van der Waals surface area contributed by atoms with Gasteiger partial charge in [-0.15, -0.1) is 0 Å². The summed E-state index contributed by atoms with van der Waals surface area (Å²) >= 11 is 0. The third kappa shape index (κ3) is 4.95. The Labute approximate surface area is 152 Å². The molecule has 0 aliphatic rings. The number of pyridine rings is 1. The summed E-state index contributed by atoms with van der Waals surface area (Å²) in [6.07, 6.45) is 1.60. The number of nitrogens with one attached hydrogen (secondary N) is 3. The van der Waals surface area contributed by atoms with Crippen LogP contribution in [-0.2, 0) is 0 Å². The minimum absolute atomic E-state index is 0.01000. The van der Waals surface area contributed by atoms with Gasteiger partial charge in [0.25, 0.3) is 11.5 Å². The molecule has 0 spiro atoms. The lowest BCUT2D eigenvalue weighted by Gasteiger charge is -2.14. The molecule has 2 rings (SSSR count). The summed E-state index contributed by atoms with van der Waals surface area (Å²) in [6.45, 7) is 7.50. The summed E-state index contributed by atoms with van der Waals surface area (Å²) in [5.41, 5.74) is 0.933. The van der Waals surface area contributed by atoms with E-state index in [0.29, 0.717) is 11.4 Å². The predicted octanol–water partition coefficient (Wildman–Crippen LogP) is 3.21. The van der Waals surface area contributed by atoms with Gasteiger partial charge >= 0.3 is 6.03 Å².